The maximum absolute atomic E-state index is 13.8. The summed E-state index contributed by atoms with van der Waals surface area (Å²) in [6.45, 7) is 5.68. The molecule has 0 aromatic heterocycles. The van der Waals surface area contributed by atoms with Crippen LogP contribution < -0.4 is 19.7 Å². The van der Waals surface area contributed by atoms with Gasteiger partial charge in [-0.25, -0.2) is 4.39 Å². The van der Waals surface area contributed by atoms with Gasteiger partial charge in [-0.15, -0.1) is 0 Å². The molecule has 1 heterocycles. The van der Waals surface area contributed by atoms with Crippen LogP contribution in [0.3, 0.4) is 0 Å². The Morgan fingerprint density at radius 1 is 1.13 bits per heavy atom. The third-order valence-corrected chi connectivity index (χ3v) is 7.25. The summed E-state index contributed by atoms with van der Waals surface area (Å²) < 4.78 is 25.6. The summed E-state index contributed by atoms with van der Waals surface area (Å²) in [4.78, 5) is 27.5. The first-order valence-corrected chi connectivity index (χ1v) is 13.3. The van der Waals surface area contributed by atoms with Crippen molar-refractivity contribution in [2.45, 2.75) is 20.8 Å². The largest absolute Gasteiger partial charge is 0.490 e. The number of nitrogens with one attached hydrogen (secondary N) is 1. The van der Waals surface area contributed by atoms with Gasteiger partial charge >= 0.3 is 0 Å². The third kappa shape index (κ3) is 6.18. The minimum Gasteiger partial charge on any atom is -0.490 e. The predicted octanol–water partition coefficient (Wildman–Crippen LogP) is 6.92. The Morgan fingerprint density at radius 3 is 2.61 bits per heavy atom. The lowest BCUT2D eigenvalue weighted by Crippen LogP contribution is -2.27. The van der Waals surface area contributed by atoms with Gasteiger partial charge in [0.15, 0.2) is 22.4 Å². The summed E-state index contributed by atoms with van der Waals surface area (Å²) >= 11 is 13.2. The molecule has 1 aliphatic heterocycles. The van der Waals surface area contributed by atoms with Gasteiger partial charge in [0, 0.05) is 0 Å². The van der Waals surface area contributed by atoms with Crippen molar-refractivity contribution in [3.63, 3.8) is 0 Å². The van der Waals surface area contributed by atoms with Gasteiger partial charge < -0.3 is 14.8 Å². The number of carbonyl (C=O) groups is 2. The van der Waals surface area contributed by atoms with Crippen LogP contribution in [0.15, 0.2) is 59.5 Å². The molecule has 0 bridgehead atoms. The van der Waals surface area contributed by atoms with E-state index in [1.54, 1.807) is 31.2 Å². The monoisotopic (exact) mass is 570 g/mol. The summed E-state index contributed by atoms with van der Waals surface area (Å²) in [5, 5.41) is 2.64. The van der Waals surface area contributed by atoms with Crippen LogP contribution in [-0.2, 0) is 9.59 Å². The highest BCUT2D eigenvalue weighted by Gasteiger charge is 2.33. The number of nitrogens with zero attached hydrogens (tertiary/aromatic N) is 1. The molecule has 3 aromatic carbocycles. The van der Waals surface area contributed by atoms with Gasteiger partial charge in [0.25, 0.3) is 11.8 Å². The number of aryl methyl sites for hydroxylation is 2. The number of para-hydroxylation sites is 1. The standard InChI is InChI=1S/C28H24ClFN2O4S2/c1-4-35-23-13-18(12-20(29)26(23)36-15-25(33)31-22-8-6-5-7-21(22)30)14-24-27(34)32(28(37)38-24)19-10-9-16(2)17(3)11-19/h5-14H,4,15H2,1-3H3,(H,31,33)/b24-14-. The van der Waals surface area contributed by atoms with Gasteiger partial charge in [-0.3, -0.25) is 14.5 Å². The van der Waals surface area contributed by atoms with Gasteiger partial charge in [-0.2, -0.15) is 0 Å². The number of hydrogen-bond acceptors (Lipinski definition) is 6. The fourth-order valence-electron chi connectivity index (χ4n) is 3.67. The Hall–Kier alpha value is -3.40. The Morgan fingerprint density at radius 2 is 1.89 bits per heavy atom. The number of halogens is 2. The van der Waals surface area contributed by atoms with E-state index in [4.69, 9.17) is 33.3 Å². The highest BCUT2D eigenvalue weighted by Crippen LogP contribution is 2.40. The van der Waals surface area contributed by atoms with Gasteiger partial charge in [0.2, 0.25) is 0 Å². The molecule has 4 rings (SSSR count). The number of benzene rings is 3. The average Bonchev–Trinajstić information content (AvgIpc) is 3.14. The van der Waals surface area contributed by atoms with E-state index in [0.717, 1.165) is 11.1 Å². The molecule has 1 saturated heterocycles. The molecule has 196 valence electrons. The molecule has 38 heavy (non-hydrogen) atoms. The van der Waals surface area contributed by atoms with Crippen molar-refractivity contribution < 1.29 is 23.5 Å². The lowest BCUT2D eigenvalue weighted by Gasteiger charge is -2.16. The summed E-state index contributed by atoms with van der Waals surface area (Å²) in [5.74, 6) is -0.886. The number of anilines is 2. The molecular formula is C28H24ClFN2O4S2. The van der Waals surface area contributed by atoms with E-state index in [0.29, 0.717) is 32.8 Å². The smallest absolute Gasteiger partial charge is 0.270 e. The van der Waals surface area contributed by atoms with Crippen LogP contribution >= 0.6 is 35.6 Å². The second-order valence-electron chi connectivity index (χ2n) is 8.37. The van der Waals surface area contributed by atoms with E-state index in [1.807, 2.05) is 32.0 Å². The SMILES string of the molecule is CCOc1cc(/C=C2\SC(=S)N(c3ccc(C)c(C)c3)C2=O)cc(Cl)c1OCC(=O)Nc1ccccc1F. The molecule has 6 nitrogen and oxygen atoms in total. The first-order chi connectivity index (χ1) is 18.2. The molecule has 1 aliphatic rings. The zero-order valence-electron chi connectivity index (χ0n) is 20.8. The highest BCUT2D eigenvalue weighted by molar-refractivity contribution is 8.27. The van der Waals surface area contributed by atoms with Crippen LogP contribution in [0.5, 0.6) is 11.5 Å². The summed E-state index contributed by atoms with van der Waals surface area (Å²) in [6.07, 6.45) is 1.68. The lowest BCUT2D eigenvalue weighted by molar-refractivity contribution is -0.118. The zero-order valence-corrected chi connectivity index (χ0v) is 23.2. The number of thiocarbonyl (C=S) groups is 1. The van der Waals surface area contributed by atoms with Crippen molar-refractivity contribution >= 4 is 69.2 Å². The minimum atomic E-state index is -0.562. The Labute approximate surface area is 234 Å². The zero-order chi connectivity index (χ0) is 27.4. The van der Waals surface area contributed by atoms with Crippen molar-refractivity contribution in [2.75, 3.05) is 23.4 Å². The van der Waals surface area contributed by atoms with Crippen LogP contribution in [-0.4, -0.2) is 29.3 Å². The molecule has 0 spiro atoms. The molecule has 10 heteroatoms. The third-order valence-electron chi connectivity index (χ3n) is 5.67. The molecular weight excluding hydrogens is 547 g/mol. The normalized spacial score (nSPS) is 14.2. The maximum atomic E-state index is 13.8. The first-order valence-electron chi connectivity index (χ1n) is 11.7. The van der Waals surface area contributed by atoms with Crippen LogP contribution in [0.4, 0.5) is 15.8 Å². The quantitative estimate of drug-likeness (QED) is 0.234. The van der Waals surface area contributed by atoms with Gasteiger partial charge in [0.1, 0.15) is 5.82 Å². The van der Waals surface area contributed by atoms with Crippen LogP contribution in [0.2, 0.25) is 5.02 Å². The van der Waals surface area contributed by atoms with E-state index in [2.05, 4.69) is 5.32 Å². The summed E-state index contributed by atoms with van der Waals surface area (Å²) in [7, 11) is 0. The summed E-state index contributed by atoms with van der Waals surface area (Å²) in [6, 6.07) is 14.9. The van der Waals surface area contributed by atoms with Gasteiger partial charge in [0.05, 0.1) is 27.9 Å². The minimum absolute atomic E-state index is 0.0469. The van der Waals surface area contributed by atoms with Crippen molar-refractivity contribution in [2.24, 2.45) is 0 Å². The number of hydrogen-bond donors (Lipinski definition) is 1. The highest BCUT2D eigenvalue weighted by atomic mass is 35.5. The van der Waals surface area contributed by atoms with Crippen molar-refractivity contribution in [3.05, 3.63) is 87.0 Å². The van der Waals surface area contributed by atoms with E-state index < -0.39 is 18.3 Å². The molecule has 1 fully saturated rings. The second-order valence-corrected chi connectivity index (χ2v) is 10.4. The van der Waals surface area contributed by atoms with Crippen molar-refractivity contribution in [1.29, 1.82) is 0 Å². The van der Waals surface area contributed by atoms with E-state index >= 15 is 0 Å². The Bertz CT molecular complexity index is 1460. The number of thioether (sulfide) groups is 1. The molecule has 0 aliphatic carbocycles. The van der Waals surface area contributed by atoms with E-state index in [-0.39, 0.29) is 22.4 Å². The molecule has 0 unspecified atom stereocenters. The topological polar surface area (TPSA) is 67.9 Å². The van der Waals surface area contributed by atoms with Gasteiger partial charge in [-0.1, -0.05) is 53.8 Å². The predicted molar refractivity (Wildman–Crippen MR) is 155 cm³/mol. The summed E-state index contributed by atoms with van der Waals surface area (Å²) in [5.41, 5.74) is 3.55. The average molecular weight is 571 g/mol. The van der Waals surface area contributed by atoms with Crippen LogP contribution in [0.25, 0.3) is 6.08 Å². The number of rotatable bonds is 8. The molecule has 0 radical (unpaired) electrons. The molecule has 1 N–H and O–H groups in total. The fraction of sp³-hybridized carbons (Fsp3) is 0.179. The van der Waals surface area contributed by atoms with E-state index in [1.165, 1.54) is 34.9 Å². The van der Waals surface area contributed by atoms with Crippen molar-refractivity contribution in [1.82, 2.24) is 0 Å². The van der Waals surface area contributed by atoms with E-state index in [9.17, 15) is 14.0 Å². The fourth-order valence-corrected chi connectivity index (χ4v) is 5.24. The first kappa shape index (κ1) is 27.6. The number of amides is 2. The molecule has 3 aromatic rings. The van der Waals surface area contributed by atoms with Crippen molar-refractivity contribution in [3.8, 4) is 11.5 Å². The molecule has 0 saturated carbocycles. The molecule has 0 atom stereocenters. The Balaban J connectivity index is 1.54. The van der Waals surface area contributed by atoms with Crippen LogP contribution in [0, 0.1) is 19.7 Å². The second kappa shape index (κ2) is 12.0. The van der Waals surface area contributed by atoms with Crippen LogP contribution in [0.1, 0.15) is 23.6 Å². The molecule has 2 amide bonds. The Kier molecular flexibility index (Phi) is 8.71. The number of ether oxygens (including phenoxy) is 2. The maximum Gasteiger partial charge on any atom is 0.270 e. The van der Waals surface area contributed by atoms with Gasteiger partial charge in [-0.05, 0) is 79.9 Å². The lowest BCUT2D eigenvalue weighted by atomic mass is 10.1. The number of carbonyl (C=O) groups excluding carboxylic acids is 2.